The molecule has 0 spiro atoms. The second kappa shape index (κ2) is 13.0. The van der Waals surface area contributed by atoms with Crippen molar-refractivity contribution >= 4 is 23.9 Å². The maximum absolute atomic E-state index is 13.5. The summed E-state index contributed by atoms with van der Waals surface area (Å²) in [5, 5.41) is 5.14. The number of nitrogens with zero attached hydrogens (tertiary/aromatic N) is 1. The number of hydrogen-bond acceptors (Lipinski definition) is 6. The third-order valence-corrected chi connectivity index (χ3v) is 5.05. The average molecular weight is 478 g/mol. The molecule has 3 amide bonds. The highest BCUT2D eigenvalue weighted by molar-refractivity contribution is 5.93. The zero-order valence-electron chi connectivity index (χ0n) is 21.6. The van der Waals surface area contributed by atoms with Gasteiger partial charge < -0.3 is 25.0 Å². The summed E-state index contributed by atoms with van der Waals surface area (Å²) >= 11 is 0. The summed E-state index contributed by atoms with van der Waals surface area (Å²) in [4.78, 5) is 52.2. The van der Waals surface area contributed by atoms with E-state index in [0.717, 1.165) is 17.5 Å². The number of methoxy groups -OCH3 is 1. The number of carbonyl (C=O) groups excluding carboxylic acids is 4. The molecule has 1 rings (SSSR count). The summed E-state index contributed by atoms with van der Waals surface area (Å²) in [6, 6.07) is 3.68. The average Bonchev–Trinajstić information content (AvgIpc) is 2.73. The molecule has 0 heterocycles. The van der Waals surface area contributed by atoms with Crippen molar-refractivity contribution < 1.29 is 28.7 Å². The number of amides is 3. The summed E-state index contributed by atoms with van der Waals surface area (Å²) in [5.41, 5.74) is 1.77. The molecule has 1 aromatic carbocycles. The van der Waals surface area contributed by atoms with Gasteiger partial charge in [0.2, 0.25) is 11.8 Å². The Morgan fingerprint density at radius 3 is 2.29 bits per heavy atom. The van der Waals surface area contributed by atoms with Crippen LogP contribution in [-0.2, 0) is 23.9 Å². The fourth-order valence-electron chi connectivity index (χ4n) is 3.40. The smallest absolute Gasteiger partial charge is 0.408 e. The molecule has 2 atom stereocenters. The molecule has 0 bridgehead atoms. The largest absolute Gasteiger partial charge is 0.468 e. The molecule has 34 heavy (non-hydrogen) atoms. The standard InChI is InChI=1S/C25H39N3O6/c1-9-10-13-28(23(31)18(4)27-24(32)34-25(5,6)7)21(22(30)26-15-20(29)33-8)19-12-11-16(2)14-17(19)3/h11-12,14,18,21H,9-10,13,15H2,1-8H3,(H,26,30)(H,27,32). The molecular formula is C25H39N3O6. The minimum atomic E-state index is -0.993. The monoisotopic (exact) mass is 477 g/mol. The first-order valence-corrected chi connectivity index (χ1v) is 11.5. The van der Waals surface area contributed by atoms with Crippen LogP contribution in [0.2, 0.25) is 0 Å². The van der Waals surface area contributed by atoms with Crippen LogP contribution in [0.4, 0.5) is 4.79 Å². The van der Waals surface area contributed by atoms with Gasteiger partial charge in [-0.3, -0.25) is 14.4 Å². The van der Waals surface area contributed by atoms with Crippen LogP contribution in [0.3, 0.4) is 0 Å². The van der Waals surface area contributed by atoms with Crippen LogP contribution in [0.5, 0.6) is 0 Å². The van der Waals surface area contributed by atoms with Gasteiger partial charge >= 0.3 is 12.1 Å². The van der Waals surface area contributed by atoms with Crippen LogP contribution < -0.4 is 10.6 Å². The number of unbranched alkanes of at least 4 members (excludes halogenated alkanes) is 1. The van der Waals surface area contributed by atoms with Gasteiger partial charge in [0.15, 0.2) is 0 Å². The van der Waals surface area contributed by atoms with Crippen LogP contribution in [0.1, 0.15) is 70.2 Å². The fraction of sp³-hybridized carbons (Fsp3) is 0.600. The fourth-order valence-corrected chi connectivity index (χ4v) is 3.40. The molecule has 2 unspecified atom stereocenters. The molecule has 0 aromatic heterocycles. The van der Waals surface area contributed by atoms with Crippen LogP contribution in [0, 0.1) is 13.8 Å². The third-order valence-electron chi connectivity index (χ3n) is 5.05. The maximum Gasteiger partial charge on any atom is 0.408 e. The maximum atomic E-state index is 13.5. The first kappa shape index (κ1) is 28.9. The van der Waals surface area contributed by atoms with E-state index in [-0.39, 0.29) is 6.54 Å². The summed E-state index contributed by atoms with van der Waals surface area (Å²) in [6.45, 7) is 12.5. The predicted molar refractivity (Wildman–Crippen MR) is 129 cm³/mol. The van der Waals surface area contributed by atoms with Crippen LogP contribution in [0.15, 0.2) is 18.2 Å². The highest BCUT2D eigenvalue weighted by Gasteiger charge is 2.35. The van der Waals surface area contributed by atoms with E-state index < -0.39 is 41.6 Å². The van der Waals surface area contributed by atoms with E-state index in [2.05, 4.69) is 15.4 Å². The van der Waals surface area contributed by atoms with Crippen molar-refractivity contribution in [3.63, 3.8) is 0 Å². The first-order chi connectivity index (χ1) is 15.8. The summed E-state index contributed by atoms with van der Waals surface area (Å²) in [7, 11) is 1.23. The lowest BCUT2D eigenvalue weighted by atomic mass is 9.96. The number of nitrogens with one attached hydrogen (secondary N) is 2. The van der Waals surface area contributed by atoms with E-state index in [0.29, 0.717) is 18.5 Å². The number of aryl methyl sites for hydroxylation is 2. The number of alkyl carbamates (subject to hydrolysis) is 1. The van der Waals surface area contributed by atoms with Gasteiger partial charge in [-0.2, -0.15) is 0 Å². The summed E-state index contributed by atoms with van der Waals surface area (Å²) in [6.07, 6.45) is 0.722. The quantitative estimate of drug-likeness (QED) is 0.501. The summed E-state index contributed by atoms with van der Waals surface area (Å²) in [5.74, 6) is -1.54. The van der Waals surface area contributed by atoms with Gasteiger partial charge in [0, 0.05) is 6.54 Å². The minimum absolute atomic E-state index is 0.291. The molecular weight excluding hydrogens is 438 g/mol. The van der Waals surface area contributed by atoms with Crippen LogP contribution >= 0.6 is 0 Å². The second-order valence-corrected chi connectivity index (χ2v) is 9.31. The topological polar surface area (TPSA) is 114 Å². The Hall–Kier alpha value is -3.10. The Labute approximate surface area is 202 Å². The highest BCUT2D eigenvalue weighted by atomic mass is 16.6. The number of carbonyl (C=O) groups is 4. The Morgan fingerprint density at radius 2 is 1.76 bits per heavy atom. The molecule has 0 saturated heterocycles. The lowest BCUT2D eigenvalue weighted by Gasteiger charge is -2.34. The van der Waals surface area contributed by atoms with Crippen molar-refractivity contribution in [3.05, 3.63) is 34.9 Å². The SMILES string of the molecule is CCCCN(C(=O)C(C)NC(=O)OC(C)(C)C)C(C(=O)NCC(=O)OC)c1ccc(C)cc1C. The molecule has 9 heteroatoms. The van der Waals surface area contributed by atoms with Gasteiger partial charge in [-0.05, 0) is 59.1 Å². The van der Waals surface area contributed by atoms with Crippen molar-refractivity contribution in [1.82, 2.24) is 15.5 Å². The molecule has 0 fully saturated rings. The number of benzene rings is 1. The Bertz CT molecular complexity index is 878. The molecule has 0 aliphatic carbocycles. The van der Waals surface area contributed by atoms with Gasteiger partial charge in [-0.1, -0.05) is 37.1 Å². The minimum Gasteiger partial charge on any atom is -0.468 e. The number of rotatable bonds is 10. The zero-order chi connectivity index (χ0) is 26.1. The molecule has 0 aliphatic rings. The molecule has 2 N–H and O–H groups in total. The Morgan fingerprint density at radius 1 is 1.12 bits per heavy atom. The van der Waals surface area contributed by atoms with Crippen LogP contribution in [-0.4, -0.2) is 60.6 Å². The normalized spacial score (nSPS) is 12.8. The van der Waals surface area contributed by atoms with Crippen molar-refractivity contribution in [2.45, 2.75) is 79.0 Å². The molecule has 0 radical (unpaired) electrons. The van der Waals surface area contributed by atoms with E-state index in [9.17, 15) is 19.2 Å². The van der Waals surface area contributed by atoms with Gasteiger partial charge in [0.05, 0.1) is 7.11 Å². The zero-order valence-corrected chi connectivity index (χ0v) is 21.6. The first-order valence-electron chi connectivity index (χ1n) is 11.5. The van der Waals surface area contributed by atoms with E-state index in [1.165, 1.54) is 12.0 Å². The van der Waals surface area contributed by atoms with E-state index in [1.54, 1.807) is 27.7 Å². The van der Waals surface area contributed by atoms with Gasteiger partial charge in [0.25, 0.3) is 0 Å². The predicted octanol–water partition coefficient (Wildman–Crippen LogP) is 3.18. The molecule has 190 valence electrons. The summed E-state index contributed by atoms with van der Waals surface area (Å²) < 4.78 is 9.89. The van der Waals surface area contributed by atoms with E-state index in [4.69, 9.17) is 4.74 Å². The second-order valence-electron chi connectivity index (χ2n) is 9.31. The van der Waals surface area contributed by atoms with Crippen molar-refractivity contribution in [3.8, 4) is 0 Å². The van der Waals surface area contributed by atoms with Crippen molar-refractivity contribution in [2.75, 3.05) is 20.2 Å². The molecule has 1 aromatic rings. The lowest BCUT2D eigenvalue weighted by molar-refractivity contribution is -0.144. The number of hydrogen-bond donors (Lipinski definition) is 2. The third kappa shape index (κ3) is 9.03. The Balaban J connectivity index is 3.35. The molecule has 9 nitrogen and oxygen atoms in total. The van der Waals surface area contributed by atoms with Crippen molar-refractivity contribution in [1.29, 1.82) is 0 Å². The van der Waals surface area contributed by atoms with Crippen molar-refractivity contribution in [2.24, 2.45) is 0 Å². The molecule has 0 aliphatic heterocycles. The van der Waals surface area contributed by atoms with Crippen LogP contribution in [0.25, 0.3) is 0 Å². The molecule has 0 saturated carbocycles. The van der Waals surface area contributed by atoms with Gasteiger partial charge in [0.1, 0.15) is 24.2 Å². The highest BCUT2D eigenvalue weighted by Crippen LogP contribution is 2.27. The number of esters is 1. The lowest BCUT2D eigenvalue weighted by Crippen LogP contribution is -2.52. The number of ether oxygens (including phenoxy) is 2. The van der Waals surface area contributed by atoms with Gasteiger partial charge in [-0.25, -0.2) is 4.79 Å². The van der Waals surface area contributed by atoms with E-state index in [1.807, 2.05) is 39.0 Å². The van der Waals surface area contributed by atoms with E-state index >= 15 is 0 Å². The Kier molecular flexibility index (Phi) is 11.0. The van der Waals surface area contributed by atoms with Gasteiger partial charge in [-0.15, -0.1) is 0 Å².